The fourth-order valence-corrected chi connectivity index (χ4v) is 6.23. The van der Waals surface area contributed by atoms with Crippen molar-refractivity contribution in [2.24, 2.45) is 0 Å². The summed E-state index contributed by atoms with van der Waals surface area (Å²) in [6.07, 6.45) is 0.242. The zero-order chi connectivity index (χ0) is 61.2. The lowest BCUT2D eigenvalue weighted by atomic mass is 10.4. The van der Waals surface area contributed by atoms with Crippen molar-refractivity contribution in [2.75, 3.05) is 345 Å². The van der Waals surface area contributed by atoms with Gasteiger partial charge in [-0.25, -0.2) is 0 Å². The molecule has 0 radical (unpaired) electrons. The van der Waals surface area contributed by atoms with E-state index in [4.69, 9.17) is 119 Å². The summed E-state index contributed by atoms with van der Waals surface area (Å²) in [4.78, 5) is 22.1. The Hall–Kier alpha value is -1.51. The molecule has 0 aromatic heterocycles. The summed E-state index contributed by atoms with van der Waals surface area (Å²) in [5, 5.41) is 2.74. The van der Waals surface area contributed by atoms with Gasteiger partial charge in [0.05, 0.1) is 311 Å². The number of methoxy groups -OCH3 is 1. The van der Waals surface area contributed by atoms with Gasteiger partial charge < -0.3 is 119 Å². The Bertz CT molecular complexity index is 1290. The van der Waals surface area contributed by atoms with Crippen molar-refractivity contribution in [3.05, 3.63) is 0 Å². The molecule has 0 aliphatic carbocycles. The maximum atomic E-state index is 11.8. The van der Waals surface area contributed by atoms with Crippen LogP contribution in [0.2, 0.25) is 0 Å². The quantitative estimate of drug-likeness (QED) is 0.0463. The molecule has 0 fully saturated rings. The highest BCUT2D eigenvalue weighted by Crippen LogP contribution is 2.14. The lowest BCUT2D eigenvalue weighted by molar-refractivity contribution is -0.121. The predicted octanol–water partition coefficient (Wildman–Crippen LogP) is 0.0765. The summed E-state index contributed by atoms with van der Waals surface area (Å²) >= 11 is 0. The lowest BCUT2D eigenvalue weighted by Gasteiger charge is -2.12. The van der Waals surface area contributed by atoms with Gasteiger partial charge in [-0.1, -0.05) is 0 Å². The third-order valence-electron chi connectivity index (χ3n) is 10.3. The maximum Gasteiger partial charge on any atom is 0.696 e. The number of amides is 1. The van der Waals surface area contributed by atoms with E-state index >= 15 is 0 Å². The number of hydrogen-bond acceptors (Lipinski definition) is 28. The van der Waals surface area contributed by atoms with Crippen LogP contribution >= 0.6 is 8.25 Å². The Morgan fingerprint density at radius 3 is 0.635 bits per heavy atom. The van der Waals surface area contributed by atoms with E-state index in [1.165, 1.54) is 0 Å². The second-order valence-electron chi connectivity index (χ2n) is 17.3. The summed E-state index contributed by atoms with van der Waals surface area (Å²) in [6.45, 7) is 23.4. The minimum absolute atomic E-state index is 0.0249. The summed E-state index contributed by atoms with van der Waals surface area (Å²) < 4.78 is 146. The smallest absolute Gasteiger partial charge is 0.382 e. The first kappa shape index (κ1) is 83.5. The van der Waals surface area contributed by atoms with E-state index in [0.29, 0.717) is 324 Å². The molecule has 1 atom stereocenters. The Labute approximate surface area is 506 Å². The molecule has 0 saturated heterocycles. The molecule has 85 heavy (non-hydrogen) atoms. The van der Waals surface area contributed by atoms with Crippen molar-refractivity contribution in [3.63, 3.8) is 0 Å². The molecule has 0 aromatic carbocycles. The predicted molar refractivity (Wildman–Crippen MR) is 307 cm³/mol. The van der Waals surface area contributed by atoms with E-state index < -0.39 is 8.25 Å². The zero-order valence-corrected chi connectivity index (χ0v) is 52.3. The van der Waals surface area contributed by atoms with Gasteiger partial charge in [-0.2, -0.15) is 0 Å². The highest BCUT2D eigenvalue weighted by Gasteiger charge is 2.14. The molecule has 1 unspecified atom stereocenters. The van der Waals surface area contributed by atoms with Gasteiger partial charge in [0.25, 0.3) is 0 Å². The van der Waals surface area contributed by atoms with E-state index in [1.54, 1.807) is 19.1 Å². The maximum absolute atomic E-state index is 11.8. The molecule has 1 amide bonds. The van der Waals surface area contributed by atoms with Crippen LogP contribution in [-0.2, 0) is 128 Å². The van der Waals surface area contributed by atoms with Crippen molar-refractivity contribution in [1.29, 1.82) is 0 Å². The normalized spacial score (nSPS) is 11.9. The highest BCUT2D eigenvalue weighted by atomic mass is 31.1. The Balaban J connectivity index is 3.11. The minimum Gasteiger partial charge on any atom is -0.382 e. The monoisotopic (exact) mass is 1270 g/mol. The van der Waals surface area contributed by atoms with Crippen LogP contribution in [0.25, 0.3) is 0 Å². The first-order valence-corrected chi connectivity index (χ1v) is 30.7. The van der Waals surface area contributed by atoms with E-state index in [-0.39, 0.29) is 19.1 Å². The number of ether oxygens (including phenoxy) is 24. The van der Waals surface area contributed by atoms with Crippen LogP contribution in [0.1, 0.15) is 6.42 Å². The fraction of sp³-hybridized carbons (Fsp3) is 0.981. The van der Waals surface area contributed by atoms with Crippen LogP contribution < -0.4 is 5.32 Å². The van der Waals surface area contributed by atoms with Gasteiger partial charge >= 0.3 is 8.25 Å². The molecule has 30 nitrogen and oxygen atoms in total. The van der Waals surface area contributed by atoms with Gasteiger partial charge in [0.1, 0.15) is 0 Å². The third-order valence-corrected chi connectivity index (χ3v) is 10.6. The van der Waals surface area contributed by atoms with Crippen LogP contribution in [0.3, 0.4) is 0 Å². The van der Waals surface area contributed by atoms with Gasteiger partial charge in [-0.3, -0.25) is 9.69 Å². The van der Waals surface area contributed by atoms with Crippen molar-refractivity contribution in [2.45, 2.75) is 6.42 Å². The Morgan fingerprint density at radius 2 is 0.471 bits per heavy atom. The van der Waals surface area contributed by atoms with Crippen LogP contribution in [0, 0.1) is 0 Å². The topological polar surface area (TPSA) is 300 Å². The summed E-state index contributed by atoms with van der Waals surface area (Å²) in [6, 6.07) is 0. The Morgan fingerprint density at radius 1 is 0.306 bits per heavy atom. The highest BCUT2D eigenvalue weighted by molar-refractivity contribution is 7.32. The van der Waals surface area contributed by atoms with Crippen molar-refractivity contribution in [3.8, 4) is 0 Å². The number of nitrogens with zero attached hydrogens (tertiary/aromatic N) is 1. The molecule has 0 aromatic rings. The average molecular weight is 1270 g/mol. The van der Waals surface area contributed by atoms with Crippen molar-refractivity contribution in [1.82, 2.24) is 10.2 Å². The zero-order valence-electron chi connectivity index (χ0n) is 51.4. The average Bonchev–Trinajstić information content (AvgIpc) is 3.50. The molecular formula is C54H110N2O28P+. The molecule has 0 bridgehead atoms. The largest absolute Gasteiger partial charge is 0.696 e. The molecule has 0 rings (SSSR count). The van der Waals surface area contributed by atoms with Crippen LogP contribution in [0.15, 0.2) is 0 Å². The number of nitrogens with one attached hydrogen (secondary N) is 1. The van der Waals surface area contributed by atoms with Crippen LogP contribution in [-0.4, -0.2) is 360 Å². The molecule has 0 heterocycles. The summed E-state index contributed by atoms with van der Waals surface area (Å²) in [7, 11) is 0.679. The molecule has 508 valence electrons. The van der Waals surface area contributed by atoms with Crippen molar-refractivity contribution >= 4 is 14.2 Å². The minimum atomic E-state index is -2.65. The number of hydrogen-bond donors (Lipinski definition) is 2. The van der Waals surface area contributed by atoms with Gasteiger partial charge in [-0.05, 0) is 7.05 Å². The fourth-order valence-electron chi connectivity index (χ4n) is 5.94. The SMILES string of the molecule is COCCOCCOCCOCCOCCOCCOCCOCCOCCOCCOCCOCCOCCOCCOCCOCCOCCOCCOCCOCCOCCOCCOCCOCCNC(=O)CCN(C)CO[P+](=O)O. The first-order valence-electron chi connectivity index (χ1n) is 29.6. The van der Waals surface area contributed by atoms with E-state index in [1.807, 2.05) is 0 Å². The van der Waals surface area contributed by atoms with Gasteiger partial charge in [0.15, 0.2) is 6.73 Å². The van der Waals surface area contributed by atoms with E-state index in [9.17, 15) is 9.36 Å². The lowest BCUT2D eigenvalue weighted by Crippen LogP contribution is -2.31. The van der Waals surface area contributed by atoms with Gasteiger partial charge in [0, 0.05) is 31.2 Å². The standard InChI is InChI=1S/C54H109N2O28P/c1-56(53-84-85(58)59)5-3-54(57)55-4-6-61-9-10-63-13-14-65-17-18-67-21-22-69-25-26-71-29-30-73-33-34-75-37-38-77-41-42-79-45-46-81-49-50-83-52-51-82-48-47-80-44-43-78-40-39-76-36-35-74-32-31-72-28-27-70-24-23-68-20-19-66-16-15-64-12-11-62-8-7-60-2/h3-53H2,1-2H3,(H-,55,57,58,59)/p+1. The van der Waals surface area contributed by atoms with Crippen LogP contribution in [0.4, 0.5) is 0 Å². The van der Waals surface area contributed by atoms with E-state index in [2.05, 4.69) is 9.84 Å². The molecular weight excluding hydrogens is 1160 g/mol. The second kappa shape index (κ2) is 76.7. The van der Waals surface area contributed by atoms with Gasteiger partial charge in [-0.15, -0.1) is 9.42 Å². The number of carbonyl (C=O) groups excluding carboxylic acids is 1. The third kappa shape index (κ3) is 78.5. The summed E-state index contributed by atoms with van der Waals surface area (Å²) in [5.74, 6) is -0.141. The molecule has 0 aliphatic rings. The number of carbonyl (C=O) groups is 1. The Kier molecular flexibility index (Phi) is 75.4. The van der Waals surface area contributed by atoms with Crippen LogP contribution in [0.5, 0.6) is 0 Å². The second-order valence-corrected chi connectivity index (χ2v) is 18.0. The van der Waals surface area contributed by atoms with Crippen molar-refractivity contribution < 1.29 is 132 Å². The molecule has 0 spiro atoms. The molecule has 31 heteroatoms. The summed E-state index contributed by atoms with van der Waals surface area (Å²) in [5.41, 5.74) is 0. The van der Waals surface area contributed by atoms with Gasteiger partial charge in [0.2, 0.25) is 5.91 Å². The van der Waals surface area contributed by atoms with E-state index in [0.717, 1.165) is 0 Å². The molecule has 2 N–H and O–H groups in total. The molecule has 0 saturated carbocycles. The molecule has 0 aliphatic heterocycles. The number of rotatable bonds is 78. The first-order chi connectivity index (χ1) is 42.1.